The Kier molecular flexibility index (Phi) is 5.00. The summed E-state index contributed by atoms with van der Waals surface area (Å²) in [5, 5.41) is 10.5. The van der Waals surface area contributed by atoms with Crippen molar-refractivity contribution in [2.75, 3.05) is 6.54 Å². The summed E-state index contributed by atoms with van der Waals surface area (Å²) in [6.07, 6.45) is 2.19. The van der Waals surface area contributed by atoms with E-state index >= 15 is 0 Å². The highest BCUT2D eigenvalue weighted by Gasteiger charge is 2.13. The number of carbonyl (C=O) groups is 1. The summed E-state index contributed by atoms with van der Waals surface area (Å²) < 4.78 is 10.3. The third-order valence-electron chi connectivity index (χ3n) is 3.41. The fourth-order valence-corrected chi connectivity index (χ4v) is 2.22. The van der Waals surface area contributed by atoms with Crippen LogP contribution in [0.5, 0.6) is 0 Å². The number of nitrogens with zero attached hydrogens (tertiary/aromatic N) is 3. The highest BCUT2D eigenvalue weighted by Crippen LogP contribution is 2.16. The normalized spacial score (nSPS) is 10.7. The number of rotatable bonds is 7. The molecule has 0 spiro atoms. The van der Waals surface area contributed by atoms with E-state index in [9.17, 15) is 4.79 Å². The van der Waals surface area contributed by atoms with Gasteiger partial charge in [-0.05, 0) is 18.6 Å². The second-order valence-electron chi connectivity index (χ2n) is 5.32. The second-order valence-corrected chi connectivity index (χ2v) is 5.32. The lowest BCUT2D eigenvalue weighted by Gasteiger charge is -1.99. The smallest absolute Gasteiger partial charge is 0.273 e. The van der Waals surface area contributed by atoms with Gasteiger partial charge >= 0.3 is 0 Å². The minimum absolute atomic E-state index is 0.270. The maximum absolute atomic E-state index is 12.0. The molecule has 2 heterocycles. The number of nitrogens with one attached hydrogen (secondary N) is 1. The number of aromatic nitrogens is 3. The Morgan fingerprint density at radius 1 is 1.12 bits per heavy atom. The predicted octanol–water partition coefficient (Wildman–Crippen LogP) is 2.65. The molecule has 0 saturated carbocycles. The standard InChI is InChI=1S/C17H18N4O3/c1-2-6-13-11-14(20-23-13)16(22)18-10-9-15-19-17(24-21-15)12-7-4-3-5-8-12/h3-5,7-8,11H,2,6,9-10H2,1H3,(H,18,22). The van der Waals surface area contributed by atoms with Crippen LogP contribution in [-0.2, 0) is 12.8 Å². The van der Waals surface area contributed by atoms with Crippen LogP contribution in [0.2, 0.25) is 0 Å². The molecule has 0 atom stereocenters. The average molecular weight is 326 g/mol. The van der Waals surface area contributed by atoms with Gasteiger partial charge in [0.1, 0.15) is 5.76 Å². The van der Waals surface area contributed by atoms with Crippen molar-refractivity contribution in [2.24, 2.45) is 0 Å². The van der Waals surface area contributed by atoms with Crippen molar-refractivity contribution in [2.45, 2.75) is 26.2 Å². The predicted molar refractivity (Wildman–Crippen MR) is 86.3 cm³/mol. The molecule has 0 radical (unpaired) electrons. The molecule has 3 rings (SSSR count). The van der Waals surface area contributed by atoms with E-state index in [0.29, 0.717) is 30.4 Å². The molecule has 1 N–H and O–H groups in total. The summed E-state index contributed by atoms with van der Waals surface area (Å²) in [6.45, 7) is 2.43. The number of benzene rings is 1. The van der Waals surface area contributed by atoms with Crippen LogP contribution in [0, 0.1) is 0 Å². The molecule has 124 valence electrons. The van der Waals surface area contributed by atoms with Gasteiger partial charge in [0.2, 0.25) is 0 Å². The first kappa shape index (κ1) is 15.9. The van der Waals surface area contributed by atoms with Crippen molar-refractivity contribution < 1.29 is 13.8 Å². The molecule has 7 nitrogen and oxygen atoms in total. The van der Waals surface area contributed by atoms with E-state index in [1.165, 1.54) is 0 Å². The van der Waals surface area contributed by atoms with Gasteiger partial charge in [0.25, 0.3) is 11.8 Å². The van der Waals surface area contributed by atoms with Crippen LogP contribution in [0.25, 0.3) is 11.5 Å². The Morgan fingerprint density at radius 3 is 2.75 bits per heavy atom. The lowest BCUT2D eigenvalue weighted by molar-refractivity contribution is 0.0944. The number of amides is 1. The first-order valence-electron chi connectivity index (χ1n) is 7.88. The van der Waals surface area contributed by atoms with Gasteiger partial charge in [0, 0.05) is 31.0 Å². The van der Waals surface area contributed by atoms with Gasteiger partial charge in [0.15, 0.2) is 11.5 Å². The number of carbonyl (C=O) groups excluding carboxylic acids is 1. The first-order chi connectivity index (χ1) is 11.8. The summed E-state index contributed by atoms with van der Waals surface area (Å²) in [7, 11) is 0. The topological polar surface area (TPSA) is 94.1 Å². The zero-order valence-corrected chi connectivity index (χ0v) is 13.4. The molecule has 0 aliphatic heterocycles. The van der Waals surface area contributed by atoms with Gasteiger partial charge in [0.05, 0.1) is 0 Å². The minimum atomic E-state index is -0.270. The number of aryl methyl sites for hydroxylation is 1. The Bertz CT molecular complexity index is 795. The highest BCUT2D eigenvalue weighted by molar-refractivity contribution is 5.92. The van der Waals surface area contributed by atoms with Crippen LogP contribution in [0.4, 0.5) is 0 Å². The molecular weight excluding hydrogens is 308 g/mol. The first-order valence-corrected chi connectivity index (χ1v) is 7.88. The zero-order chi connectivity index (χ0) is 16.8. The molecule has 0 aliphatic carbocycles. The van der Waals surface area contributed by atoms with Gasteiger partial charge in [-0.2, -0.15) is 4.98 Å². The average Bonchev–Trinajstić information content (AvgIpc) is 3.26. The van der Waals surface area contributed by atoms with Crippen molar-refractivity contribution in [3.05, 3.63) is 53.7 Å². The van der Waals surface area contributed by atoms with Crippen LogP contribution in [-0.4, -0.2) is 27.7 Å². The summed E-state index contributed by atoms with van der Waals surface area (Å²) >= 11 is 0. The lowest BCUT2D eigenvalue weighted by atomic mass is 10.2. The summed E-state index contributed by atoms with van der Waals surface area (Å²) in [6, 6.07) is 11.2. The molecule has 0 aliphatic rings. The van der Waals surface area contributed by atoms with E-state index in [-0.39, 0.29) is 11.6 Å². The van der Waals surface area contributed by atoms with E-state index in [4.69, 9.17) is 9.05 Å². The van der Waals surface area contributed by atoms with E-state index in [1.807, 2.05) is 37.3 Å². The maximum atomic E-state index is 12.0. The van der Waals surface area contributed by atoms with Crippen molar-refractivity contribution in [3.8, 4) is 11.5 Å². The van der Waals surface area contributed by atoms with Gasteiger partial charge in [-0.1, -0.05) is 35.4 Å². The van der Waals surface area contributed by atoms with Crippen LogP contribution in [0.3, 0.4) is 0 Å². The Hall–Kier alpha value is -2.96. The van der Waals surface area contributed by atoms with Crippen LogP contribution >= 0.6 is 0 Å². The molecular formula is C17H18N4O3. The van der Waals surface area contributed by atoms with Gasteiger partial charge < -0.3 is 14.4 Å². The molecule has 3 aromatic rings. The van der Waals surface area contributed by atoms with Crippen molar-refractivity contribution in [1.29, 1.82) is 0 Å². The van der Waals surface area contributed by atoms with E-state index in [1.54, 1.807) is 6.07 Å². The molecule has 0 bridgehead atoms. The third kappa shape index (κ3) is 3.87. The molecule has 0 saturated heterocycles. The monoisotopic (exact) mass is 326 g/mol. The van der Waals surface area contributed by atoms with Crippen molar-refractivity contribution >= 4 is 5.91 Å². The second kappa shape index (κ2) is 7.54. The van der Waals surface area contributed by atoms with E-state index in [0.717, 1.165) is 18.4 Å². The summed E-state index contributed by atoms with van der Waals surface area (Å²) in [5.41, 5.74) is 1.16. The van der Waals surface area contributed by atoms with Crippen LogP contribution in [0.1, 0.15) is 35.4 Å². The fourth-order valence-electron chi connectivity index (χ4n) is 2.22. The molecule has 1 amide bonds. The van der Waals surface area contributed by atoms with Gasteiger partial charge in [-0.25, -0.2) is 0 Å². The van der Waals surface area contributed by atoms with Crippen LogP contribution < -0.4 is 5.32 Å². The Morgan fingerprint density at radius 2 is 1.96 bits per heavy atom. The highest BCUT2D eigenvalue weighted by atomic mass is 16.5. The molecule has 7 heteroatoms. The number of hydrogen-bond acceptors (Lipinski definition) is 6. The Labute approximate surface area is 139 Å². The maximum Gasteiger partial charge on any atom is 0.273 e. The van der Waals surface area contributed by atoms with Crippen molar-refractivity contribution in [3.63, 3.8) is 0 Å². The minimum Gasteiger partial charge on any atom is -0.361 e. The van der Waals surface area contributed by atoms with Gasteiger partial charge in [-0.15, -0.1) is 0 Å². The van der Waals surface area contributed by atoms with E-state index in [2.05, 4.69) is 20.6 Å². The zero-order valence-electron chi connectivity index (χ0n) is 13.4. The Balaban J connectivity index is 1.51. The summed E-state index contributed by atoms with van der Waals surface area (Å²) in [4.78, 5) is 16.3. The van der Waals surface area contributed by atoms with Gasteiger partial charge in [-0.3, -0.25) is 4.79 Å². The largest absolute Gasteiger partial charge is 0.361 e. The van der Waals surface area contributed by atoms with Crippen LogP contribution in [0.15, 0.2) is 45.4 Å². The molecule has 0 fully saturated rings. The van der Waals surface area contributed by atoms with E-state index < -0.39 is 0 Å². The number of hydrogen-bond donors (Lipinski definition) is 1. The molecule has 24 heavy (non-hydrogen) atoms. The lowest BCUT2D eigenvalue weighted by Crippen LogP contribution is -2.26. The SMILES string of the molecule is CCCc1cc(C(=O)NCCc2noc(-c3ccccc3)n2)no1. The fraction of sp³-hybridized carbons (Fsp3) is 0.294. The quantitative estimate of drug-likeness (QED) is 0.717. The third-order valence-corrected chi connectivity index (χ3v) is 3.41. The molecule has 2 aromatic heterocycles. The molecule has 0 unspecified atom stereocenters. The van der Waals surface area contributed by atoms with Crippen molar-refractivity contribution in [1.82, 2.24) is 20.6 Å². The molecule has 1 aromatic carbocycles. The summed E-state index contributed by atoms with van der Waals surface area (Å²) in [5.74, 6) is 1.46.